The first-order valence-electron chi connectivity index (χ1n) is 6.13. The third kappa shape index (κ3) is 5.45. The van der Waals surface area contributed by atoms with Crippen molar-refractivity contribution in [2.24, 2.45) is 4.88 Å². The number of azide groups is 1. The molecule has 0 fully saturated rings. The molecule has 2 atom stereocenters. The van der Waals surface area contributed by atoms with Crippen LogP contribution in [0.4, 0.5) is 0 Å². The molecule has 0 saturated heterocycles. The van der Waals surface area contributed by atoms with E-state index in [9.17, 15) is 14.0 Å². The minimum atomic E-state index is -4.86. The first-order valence-corrected chi connectivity index (χ1v) is 9.12. The number of phosphoric ester groups is 1. The molecule has 2 unspecified atom stereocenters. The summed E-state index contributed by atoms with van der Waals surface area (Å²) in [6.07, 6.45) is 0. The van der Waals surface area contributed by atoms with Crippen LogP contribution in [0.2, 0.25) is 0 Å². The van der Waals surface area contributed by atoms with Crippen molar-refractivity contribution in [2.75, 3.05) is 0 Å². The second-order valence-corrected chi connectivity index (χ2v) is 7.08. The molecule has 11 heteroatoms. The zero-order valence-electron chi connectivity index (χ0n) is 11.5. The summed E-state index contributed by atoms with van der Waals surface area (Å²) in [6, 6.07) is 15.2. The van der Waals surface area contributed by atoms with Crippen LogP contribution in [0.1, 0.15) is 0 Å². The van der Waals surface area contributed by atoms with Crippen LogP contribution in [0.15, 0.2) is 65.5 Å². The van der Waals surface area contributed by atoms with Gasteiger partial charge in [-0.3, -0.25) is 4.89 Å². The lowest BCUT2D eigenvalue weighted by molar-refractivity contribution is 0.272. The fourth-order valence-electron chi connectivity index (χ4n) is 1.48. The van der Waals surface area contributed by atoms with E-state index in [1.54, 1.807) is 36.4 Å². The number of rotatable bonds is 7. The van der Waals surface area contributed by atoms with Crippen molar-refractivity contribution in [3.8, 4) is 11.5 Å². The Morgan fingerprint density at radius 2 is 1.39 bits per heavy atom. The molecule has 2 aromatic rings. The minimum Gasteiger partial charge on any atom is -0.420 e. The van der Waals surface area contributed by atoms with Crippen molar-refractivity contribution in [2.45, 2.75) is 0 Å². The van der Waals surface area contributed by atoms with Crippen molar-refractivity contribution < 1.29 is 27.4 Å². The smallest absolute Gasteiger partial charge is 0.420 e. The second-order valence-electron chi connectivity index (χ2n) is 4.01. The molecule has 23 heavy (non-hydrogen) atoms. The molecule has 9 nitrogen and oxygen atoms in total. The molecule has 0 radical (unpaired) electrons. The number of hydrogen-bond acceptors (Lipinski definition) is 5. The predicted octanol–water partition coefficient (Wildman–Crippen LogP) is 4.68. The third-order valence-electron chi connectivity index (χ3n) is 2.28. The molecule has 120 valence electrons. The van der Waals surface area contributed by atoms with Crippen molar-refractivity contribution in [1.82, 2.24) is 0 Å². The van der Waals surface area contributed by atoms with E-state index in [2.05, 4.69) is 14.1 Å². The summed E-state index contributed by atoms with van der Waals surface area (Å²) >= 11 is 0. The maximum Gasteiger partial charge on any atom is 0.535 e. The first kappa shape index (κ1) is 17.1. The lowest BCUT2D eigenvalue weighted by Gasteiger charge is -2.17. The van der Waals surface area contributed by atoms with Gasteiger partial charge in [0.05, 0.1) is 0 Å². The Kier molecular flexibility index (Phi) is 5.45. The Morgan fingerprint density at radius 3 is 1.87 bits per heavy atom. The van der Waals surface area contributed by atoms with Crippen molar-refractivity contribution in [3.63, 3.8) is 0 Å². The number of para-hydroxylation sites is 2. The lowest BCUT2D eigenvalue weighted by atomic mass is 10.3. The fraction of sp³-hybridized carbons (Fsp3) is 0. The maximum absolute atomic E-state index is 12.3. The first-order chi connectivity index (χ1) is 10.9. The summed E-state index contributed by atoms with van der Waals surface area (Å²) in [7, 11) is -9.49. The number of hydrogen-bond donors (Lipinski definition) is 1. The van der Waals surface area contributed by atoms with E-state index >= 15 is 0 Å². The van der Waals surface area contributed by atoms with Gasteiger partial charge in [-0.2, -0.15) is 4.31 Å². The predicted molar refractivity (Wildman–Crippen MR) is 81.8 cm³/mol. The van der Waals surface area contributed by atoms with Crippen LogP contribution in [0, 0.1) is 0 Å². The van der Waals surface area contributed by atoms with E-state index in [-0.39, 0.29) is 11.5 Å². The van der Waals surface area contributed by atoms with Crippen LogP contribution in [0.3, 0.4) is 0 Å². The standard InChI is InChI=1S/C12H11N3O6P2/c13-14-15-22(16,19-11-7-3-1-4-8-11)21-23(17,18)20-12-9-5-2-6-10-12/h1-10H,(H,17,18). The van der Waals surface area contributed by atoms with Gasteiger partial charge in [0.25, 0.3) is 0 Å². The Morgan fingerprint density at radius 1 is 0.913 bits per heavy atom. The van der Waals surface area contributed by atoms with E-state index in [0.717, 1.165) is 0 Å². The molecule has 0 heterocycles. The zero-order valence-corrected chi connectivity index (χ0v) is 13.3. The van der Waals surface area contributed by atoms with Crippen molar-refractivity contribution in [1.29, 1.82) is 0 Å². The maximum atomic E-state index is 12.3. The van der Waals surface area contributed by atoms with Crippen LogP contribution < -0.4 is 9.05 Å². The topological polar surface area (TPSA) is 131 Å². The van der Waals surface area contributed by atoms with Gasteiger partial charge in [0.2, 0.25) is 0 Å². The summed E-state index contributed by atoms with van der Waals surface area (Å²) in [5, 5.41) is 0. The van der Waals surface area contributed by atoms with Crippen molar-refractivity contribution >= 4 is 15.6 Å². The quantitative estimate of drug-likeness (QED) is 0.332. The second kappa shape index (κ2) is 7.33. The van der Waals surface area contributed by atoms with E-state index in [1.165, 1.54) is 24.3 Å². The molecule has 0 aliphatic heterocycles. The average Bonchev–Trinajstić information content (AvgIpc) is 2.48. The molecule has 0 saturated carbocycles. The molecule has 2 aromatic carbocycles. The largest absolute Gasteiger partial charge is 0.535 e. The van der Waals surface area contributed by atoms with Gasteiger partial charge < -0.3 is 9.05 Å². The highest BCUT2D eigenvalue weighted by atomic mass is 31.3. The van der Waals surface area contributed by atoms with Crippen LogP contribution in [0.5, 0.6) is 11.5 Å². The number of benzene rings is 2. The van der Waals surface area contributed by atoms with E-state index < -0.39 is 15.6 Å². The van der Waals surface area contributed by atoms with Gasteiger partial charge in [0.15, 0.2) is 0 Å². The Bertz CT molecular complexity index is 795. The molecule has 0 aromatic heterocycles. The molecule has 0 amide bonds. The lowest BCUT2D eigenvalue weighted by Crippen LogP contribution is -1.99. The molecule has 0 aliphatic rings. The van der Waals surface area contributed by atoms with Crippen LogP contribution in [-0.4, -0.2) is 4.89 Å². The summed E-state index contributed by atoms with van der Waals surface area (Å²) in [5.74, 6) is 0.0356. The number of phosphoric acid groups is 1. The van der Waals surface area contributed by atoms with E-state index in [0.29, 0.717) is 0 Å². The van der Waals surface area contributed by atoms with Gasteiger partial charge in [0.1, 0.15) is 11.5 Å². The van der Waals surface area contributed by atoms with Gasteiger partial charge in [-0.25, -0.2) is 9.13 Å². The normalized spacial score (nSPS) is 15.5. The summed E-state index contributed by atoms with van der Waals surface area (Å²) < 4.78 is 38.4. The highest BCUT2D eigenvalue weighted by molar-refractivity contribution is 7.64. The minimum absolute atomic E-state index is 0.00512. The van der Waals surface area contributed by atoms with Gasteiger partial charge in [0, 0.05) is 9.80 Å². The molecular weight excluding hydrogens is 344 g/mol. The Balaban J connectivity index is 2.19. The molecule has 0 spiro atoms. The van der Waals surface area contributed by atoms with Gasteiger partial charge in [-0.15, -0.1) is 0 Å². The summed E-state index contributed by atoms with van der Waals surface area (Å²) in [4.78, 5) is 14.9. The number of nitrogens with zero attached hydrogens (tertiary/aromatic N) is 3. The molecular formula is C12H11N3O6P2. The van der Waals surface area contributed by atoms with Crippen molar-refractivity contribution in [3.05, 3.63) is 71.1 Å². The van der Waals surface area contributed by atoms with E-state index in [4.69, 9.17) is 14.6 Å². The van der Waals surface area contributed by atoms with Crippen LogP contribution in [-0.2, 0) is 13.4 Å². The van der Waals surface area contributed by atoms with E-state index in [1.807, 2.05) is 0 Å². The highest BCUT2D eigenvalue weighted by Crippen LogP contribution is 2.63. The van der Waals surface area contributed by atoms with Gasteiger partial charge in [-0.1, -0.05) is 36.4 Å². The Hall–Kier alpha value is -2.27. The van der Waals surface area contributed by atoms with Gasteiger partial charge >= 0.3 is 15.6 Å². The monoisotopic (exact) mass is 355 g/mol. The average molecular weight is 355 g/mol. The van der Waals surface area contributed by atoms with Crippen LogP contribution in [0.25, 0.3) is 10.4 Å². The zero-order chi connectivity index (χ0) is 16.8. The van der Waals surface area contributed by atoms with Crippen LogP contribution >= 0.6 is 15.6 Å². The van der Waals surface area contributed by atoms with Gasteiger partial charge in [-0.05, 0) is 29.8 Å². The molecule has 1 N–H and O–H groups in total. The molecule has 0 aliphatic carbocycles. The summed E-state index contributed by atoms with van der Waals surface area (Å²) in [6.45, 7) is 0. The SMILES string of the molecule is [N-]=[N+]=NP(=O)(Oc1ccccc1)OP(=O)(O)Oc1ccccc1. The molecule has 0 bridgehead atoms. The Labute approximate surface area is 131 Å². The fourth-order valence-corrected chi connectivity index (χ4v) is 3.83. The molecule has 2 rings (SSSR count). The summed E-state index contributed by atoms with van der Waals surface area (Å²) in [5.41, 5.74) is 8.48. The third-order valence-corrected chi connectivity index (χ3v) is 5.12. The highest BCUT2D eigenvalue weighted by Gasteiger charge is 2.38.